The fourth-order valence-corrected chi connectivity index (χ4v) is 2.36. The Balaban J connectivity index is 2.80. The van der Waals surface area contributed by atoms with Gasteiger partial charge in [0, 0.05) is 6.42 Å². The second-order valence-corrected chi connectivity index (χ2v) is 6.24. The molecule has 0 radical (unpaired) electrons. The molecule has 1 aromatic carbocycles. The van der Waals surface area contributed by atoms with Gasteiger partial charge in [-0.25, -0.2) is 4.79 Å². The van der Waals surface area contributed by atoms with E-state index in [0.717, 1.165) is 5.56 Å². The van der Waals surface area contributed by atoms with E-state index in [2.05, 4.69) is 16.0 Å². The maximum Gasteiger partial charge on any atom is 0.326 e. The van der Waals surface area contributed by atoms with Crippen molar-refractivity contribution in [3.63, 3.8) is 0 Å². The summed E-state index contributed by atoms with van der Waals surface area (Å²) in [6.45, 7) is 0.974. The lowest BCUT2D eigenvalue weighted by atomic mass is 10.0. The average molecular weight is 408 g/mol. The summed E-state index contributed by atoms with van der Waals surface area (Å²) in [6, 6.07) is 5.00. The first-order chi connectivity index (χ1) is 13.6. The number of carboxylic acids is 2. The van der Waals surface area contributed by atoms with E-state index in [1.165, 1.54) is 6.92 Å². The summed E-state index contributed by atoms with van der Waals surface area (Å²) in [6.07, 6.45) is -0.672. The lowest BCUT2D eigenvalue weighted by molar-refractivity contribution is -0.147. The number of nitrogens with two attached hydrogens (primary N) is 1. The van der Waals surface area contributed by atoms with Crippen molar-refractivity contribution in [1.29, 1.82) is 0 Å². The smallest absolute Gasteiger partial charge is 0.326 e. The number of hydrogen-bond acceptors (Lipinski definition) is 6. The van der Waals surface area contributed by atoms with Gasteiger partial charge in [0.15, 0.2) is 0 Å². The maximum absolute atomic E-state index is 12.6. The molecule has 0 fully saturated rings. The molecule has 11 heteroatoms. The zero-order valence-electron chi connectivity index (χ0n) is 15.8. The molecule has 1 aromatic rings. The Morgan fingerprint density at radius 2 is 1.55 bits per heavy atom. The summed E-state index contributed by atoms with van der Waals surface area (Å²) in [5.74, 6) is -5.04. The largest absolute Gasteiger partial charge is 0.481 e. The van der Waals surface area contributed by atoms with E-state index in [9.17, 15) is 24.0 Å². The number of aliphatic carboxylic acids is 2. The highest BCUT2D eigenvalue weighted by Gasteiger charge is 2.28. The Kier molecular flexibility index (Phi) is 9.26. The summed E-state index contributed by atoms with van der Waals surface area (Å²) in [7, 11) is 0. The number of hydrogen-bond donors (Lipinski definition) is 6. The Labute approximate surface area is 166 Å². The van der Waals surface area contributed by atoms with Crippen LogP contribution < -0.4 is 21.7 Å². The van der Waals surface area contributed by atoms with E-state index in [4.69, 9.17) is 15.9 Å². The Morgan fingerprint density at radius 3 is 2.07 bits per heavy atom. The highest BCUT2D eigenvalue weighted by molar-refractivity contribution is 5.94. The lowest BCUT2D eigenvalue weighted by Crippen LogP contribution is -2.56. The van der Waals surface area contributed by atoms with Crippen molar-refractivity contribution < 1.29 is 34.2 Å². The number of benzene rings is 1. The molecule has 0 unspecified atom stereocenters. The molecule has 158 valence electrons. The van der Waals surface area contributed by atoms with Gasteiger partial charge in [0.05, 0.1) is 13.0 Å². The van der Waals surface area contributed by atoms with Crippen LogP contribution >= 0.6 is 0 Å². The number of carboxylic acid groups (broad SMARTS) is 2. The average Bonchev–Trinajstić information content (AvgIpc) is 2.66. The predicted octanol–water partition coefficient (Wildman–Crippen LogP) is -1.78. The number of carbonyl (C=O) groups is 5. The van der Waals surface area contributed by atoms with Gasteiger partial charge in [-0.2, -0.15) is 0 Å². The molecule has 7 N–H and O–H groups in total. The van der Waals surface area contributed by atoms with E-state index < -0.39 is 54.2 Å². The first-order valence-corrected chi connectivity index (χ1v) is 8.72. The molecule has 3 amide bonds. The van der Waals surface area contributed by atoms with Crippen molar-refractivity contribution in [3.05, 3.63) is 35.9 Å². The highest BCUT2D eigenvalue weighted by Crippen LogP contribution is 2.04. The summed E-state index contributed by atoms with van der Waals surface area (Å²) in [4.78, 5) is 58.1. The predicted molar refractivity (Wildman–Crippen MR) is 101 cm³/mol. The fourth-order valence-electron chi connectivity index (χ4n) is 2.36. The molecule has 0 saturated carbocycles. The second-order valence-electron chi connectivity index (χ2n) is 6.24. The monoisotopic (exact) mass is 408 g/mol. The minimum atomic E-state index is -1.64. The molecule has 29 heavy (non-hydrogen) atoms. The van der Waals surface area contributed by atoms with Crippen LogP contribution in [0.5, 0.6) is 0 Å². The third-order valence-corrected chi connectivity index (χ3v) is 3.87. The maximum atomic E-state index is 12.6. The molecule has 0 aliphatic rings. The van der Waals surface area contributed by atoms with Crippen LogP contribution in [0.4, 0.5) is 0 Å². The number of amides is 3. The van der Waals surface area contributed by atoms with E-state index in [1.807, 2.05) is 0 Å². The van der Waals surface area contributed by atoms with Gasteiger partial charge in [0.25, 0.3) is 0 Å². The van der Waals surface area contributed by atoms with E-state index in [0.29, 0.717) is 0 Å². The SMILES string of the molecule is C[C@H](NC(=O)[C@@H](Cc1ccccc1)NC(=O)CN)C(=O)N[C@H](CC(=O)O)C(=O)O. The van der Waals surface area contributed by atoms with Crippen LogP contribution in [0.15, 0.2) is 30.3 Å². The van der Waals surface area contributed by atoms with Crippen LogP contribution in [0, 0.1) is 0 Å². The molecule has 0 spiro atoms. The van der Waals surface area contributed by atoms with Crippen molar-refractivity contribution >= 4 is 29.7 Å². The van der Waals surface area contributed by atoms with Gasteiger partial charge in [0.1, 0.15) is 18.1 Å². The second kappa shape index (κ2) is 11.4. The molecule has 0 heterocycles. The van der Waals surface area contributed by atoms with Gasteiger partial charge in [-0.3, -0.25) is 19.2 Å². The molecular formula is C18H24N4O7. The molecule has 11 nitrogen and oxygen atoms in total. The summed E-state index contributed by atoms with van der Waals surface area (Å²) in [5, 5.41) is 24.6. The van der Waals surface area contributed by atoms with Gasteiger partial charge in [-0.15, -0.1) is 0 Å². The van der Waals surface area contributed by atoms with Gasteiger partial charge in [0.2, 0.25) is 17.7 Å². The van der Waals surface area contributed by atoms with Crippen LogP contribution in [0.2, 0.25) is 0 Å². The van der Waals surface area contributed by atoms with Crippen molar-refractivity contribution in [2.75, 3.05) is 6.54 Å². The zero-order chi connectivity index (χ0) is 22.0. The van der Waals surface area contributed by atoms with Gasteiger partial charge >= 0.3 is 11.9 Å². The first-order valence-electron chi connectivity index (χ1n) is 8.72. The number of nitrogens with one attached hydrogen (secondary N) is 3. The zero-order valence-corrected chi connectivity index (χ0v) is 15.8. The third-order valence-electron chi connectivity index (χ3n) is 3.87. The summed E-state index contributed by atoms with van der Waals surface area (Å²) >= 11 is 0. The Morgan fingerprint density at radius 1 is 0.931 bits per heavy atom. The topological polar surface area (TPSA) is 188 Å². The van der Waals surface area contributed by atoms with Crippen LogP contribution in [0.1, 0.15) is 18.9 Å². The van der Waals surface area contributed by atoms with Crippen molar-refractivity contribution in [1.82, 2.24) is 16.0 Å². The quantitative estimate of drug-likeness (QED) is 0.248. The molecule has 0 aliphatic heterocycles. The standard InChI is InChI=1S/C18H24N4O7/c1-10(16(26)22-13(18(28)29)8-15(24)25)20-17(27)12(21-14(23)9-19)7-11-5-3-2-4-6-11/h2-6,10,12-13H,7-9,19H2,1H3,(H,20,27)(H,21,23)(H,22,26)(H,24,25)(H,28,29)/t10-,12+,13+/m0/s1. The lowest BCUT2D eigenvalue weighted by Gasteiger charge is -2.22. The number of rotatable bonds is 11. The fraction of sp³-hybridized carbons (Fsp3) is 0.389. The molecule has 0 bridgehead atoms. The van der Waals surface area contributed by atoms with Crippen molar-refractivity contribution in [3.8, 4) is 0 Å². The van der Waals surface area contributed by atoms with E-state index >= 15 is 0 Å². The molecule has 3 atom stereocenters. The van der Waals surface area contributed by atoms with Crippen LogP contribution in [0.25, 0.3) is 0 Å². The van der Waals surface area contributed by atoms with E-state index in [-0.39, 0.29) is 13.0 Å². The van der Waals surface area contributed by atoms with Crippen molar-refractivity contribution in [2.45, 2.75) is 37.9 Å². The molecular weight excluding hydrogens is 384 g/mol. The molecule has 0 saturated heterocycles. The summed E-state index contributed by atoms with van der Waals surface area (Å²) in [5.41, 5.74) is 6.03. The molecule has 0 aliphatic carbocycles. The normalized spacial score (nSPS) is 13.4. The van der Waals surface area contributed by atoms with Crippen LogP contribution in [-0.4, -0.2) is 64.5 Å². The van der Waals surface area contributed by atoms with Gasteiger partial charge in [-0.1, -0.05) is 30.3 Å². The Hall–Kier alpha value is -3.47. The Bertz CT molecular complexity index is 754. The van der Waals surface area contributed by atoms with Crippen LogP contribution in [0.3, 0.4) is 0 Å². The van der Waals surface area contributed by atoms with E-state index in [1.54, 1.807) is 30.3 Å². The van der Waals surface area contributed by atoms with Crippen LogP contribution in [-0.2, 0) is 30.4 Å². The molecule has 0 aromatic heterocycles. The van der Waals surface area contributed by atoms with Gasteiger partial charge < -0.3 is 31.9 Å². The summed E-state index contributed by atoms with van der Waals surface area (Å²) < 4.78 is 0. The number of carbonyl (C=O) groups excluding carboxylic acids is 3. The first kappa shape index (κ1) is 23.6. The third kappa shape index (κ3) is 8.39. The van der Waals surface area contributed by atoms with Gasteiger partial charge in [-0.05, 0) is 12.5 Å². The van der Waals surface area contributed by atoms with Crippen molar-refractivity contribution in [2.24, 2.45) is 5.73 Å². The highest BCUT2D eigenvalue weighted by atomic mass is 16.4. The minimum Gasteiger partial charge on any atom is -0.481 e. The minimum absolute atomic E-state index is 0.142. The molecule has 1 rings (SSSR count).